The monoisotopic (exact) mass is 288 g/mol. The van der Waals surface area contributed by atoms with Crippen LogP contribution in [0, 0.1) is 5.41 Å². The third-order valence-electron chi connectivity index (χ3n) is 3.79. The van der Waals surface area contributed by atoms with Crippen molar-refractivity contribution in [1.29, 1.82) is 5.41 Å². The van der Waals surface area contributed by atoms with E-state index in [1.165, 1.54) is 0 Å². The first-order valence-corrected chi connectivity index (χ1v) is 7.17. The largest absolute Gasteiger partial charge is 0.337 e. The third-order valence-corrected chi connectivity index (χ3v) is 3.79. The maximum Gasteiger partial charge on any atom is 0.307 e. The number of guanidine groups is 1. The topological polar surface area (TPSA) is 49.9 Å². The molecule has 22 heavy (non-hydrogen) atoms. The van der Waals surface area contributed by atoms with Crippen LogP contribution in [0.2, 0.25) is 0 Å². The summed E-state index contributed by atoms with van der Waals surface area (Å²) in [6, 6.07) is 29.7. The molecule has 0 radical (unpaired) electrons. The summed E-state index contributed by atoms with van der Waals surface area (Å²) in [5.74, 6) is 0.0589. The van der Waals surface area contributed by atoms with E-state index in [4.69, 9.17) is 11.1 Å². The van der Waals surface area contributed by atoms with Crippen LogP contribution in [0.4, 0.5) is 17.1 Å². The van der Waals surface area contributed by atoms with Crippen molar-refractivity contribution in [1.82, 2.24) is 4.48 Å². The Hall–Kier alpha value is -2.91. The standard InChI is InChI=1S/C19H18N3/c20-19(21)22(16-10-4-1-5-11-16,17-12-6-2-7-13-17)18-14-8-3-9-15-18/h1-15H,(H3,20,21)/q+1. The molecule has 0 saturated heterocycles. The Labute approximate surface area is 130 Å². The summed E-state index contributed by atoms with van der Waals surface area (Å²) in [5.41, 5.74) is 8.94. The number of rotatable bonds is 3. The van der Waals surface area contributed by atoms with Gasteiger partial charge >= 0.3 is 5.96 Å². The Balaban J connectivity index is 2.37. The van der Waals surface area contributed by atoms with Gasteiger partial charge in [-0.1, -0.05) is 54.6 Å². The molecule has 0 saturated carbocycles. The van der Waals surface area contributed by atoms with Gasteiger partial charge in [-0.3, -0.25) is 0 Å². The van der Waals surface area contributed by atoms with E-state index in [9.17, 15) is 0 Å². The highest BCUT2D eigenvalue weighted by Gasteiger charge is 2.40. The highest BCUT2D eigenvalue weighted by Crippen LogP contribution is 2.42. The Bertz CT molecular complexity index is 656. The summed E-state index contributed by atoms with van der Waals surface area (Å²) in [5, 5.41) is 8.36. The zero-order valence-electron chi connectivity index (χ0n) is 12.2. The van der Waals surface area contributed by atoms with Crippen molar-refractivity contribution in [3.8, 4) is 0 Å². The number of nitrogens with one attached hydrogen (secondary N) is 1. The number of nitrogens with zero attached hydrogens (tertiary/aromatic N) is 1. The Morgan fingerprint density at radius 2 is 0.864 bits per heavy atom. The summed E-state index contributed by atoms with van der Waals surface area (Å²) in [6.45, 7) is 0. The van der Waals surface area contributed by atoms with Gasteiger partial charge in [0.25, 0.3) is 0 Å². The molecule has 0 atom stereocenters. The summed E-state index contributed by atoms with van der Waals surface area (Å²) in [4.78, 5) is 0. The van der Waals surface area contributed by atoms with Crippen molar-refractivity contribution in [2.24, 2.45) is 5.73 Å². The molecule has 0 aliphatic carbocycles. The van der Waals surface area contributed by atoms with Crippen LogP contribution in [0.5, 0.6) is 0 Å². The zero-order valence-corrected chi connectivity index (χ0v) is 12.2. The van der Waals surface area contributed by atoms with E-state index in [0.29, 0.717) is 0 Å². The highest BCUT2D eigenvalue weighted by atomic mass is 15.4. The molecule has 0 unspecified atom stereocenters. The maximum absolute atomic E-state index is 8.36. The summed E-state index contributed by atoms with van der Waals surface area (Å²) in [7, 11) is 0. The Morgan fingerprint density at radius 1 is 0.591 bits per heavy atom. The average Bonchev–Trinajstić information content (AvgIpc) is 2.58. The Morgan fingerprint density at radius 3 is 1.09 bits per heavy atom. The smallest absolute Gasteiger partial charge is 0.307 e. The van der Waals surface area contributed by atoms with E-state index >= 15 is 0 Å². The molecule has 3 nitrogen and oxygen atoms in total. The van der Waals surface area contributed by atoms with E-state index < -0.39 is 0 Å². The minimum Gasteiger partial charge on any atom is -0.337 e. The molecule has 3 aromatic carbocycles. The predicted molar refractivity (Wildman–Crippen MR) is 92.4 cm³/mol. The molecule has 3 rings (SSSR count). The second kappa shape index (κ2) is 5.84. The molecule has 0 aliphatic heterocycles. The predicted octanol–water partition coefficient (Wildman–Crippen LogP) is 4.55. The molecule has 3 N–H and O–H groups in total. The lowest BCUT2D eigenvalue weighted by Crippen LogP contribution is -2.49. The van der Waals surface area contributed by atoms with Crippen LogP contribution in [-0.4, -0.2) is 5.96 Å². The number of quaternary nitrogens is 1. The second-order valence-corrected chi connectivity index (χ2v) is 5.06. The molecule has 0 aromatic heterocycles. The van der Waals surface area contributed by atoms with Crippen molar-refractivity contribution in [2.75, 3.05) is 0 Å². The van der Waals surface area contributed by atoms with Gasteiger partial charge < -0.3 is 5.73 Å². The van der Waals surface area contributed by atoms with Gasteiger partial charge in [-0.05, 0) is 0 Å². The van der Waals surface area contributed by atoms with Crippen molar-refractivity contribution in [2.45, 2.75) is 0 Å². The third kappa shape index (κ3) is 2.18. The van der Waals surface area contributed by atoms with Crippen LogP contribution < -0.4 is 10.2 Å². The summed E-state index contributed by atoms with van der Waals surface area (Å²) < 4.78 is 0.0858. The fraction of sp³-hybridized carbons (Fsp3) is 0. The first-order chi connectivity index (χ1) is 10.8. The van der Waals surface area contributed by atoms with Crippen LogP contribution in [0.15, 0.2) is 91.0 Å². The number of para-hydroxylation sites is 3. The SMILES string of the molecule is N=C(N)[N+](c1ccccc1)(c1ccccc1)c1ccccc1. The quantitative estimate of drug-likeness (QED) is 0.414. The van der Waals surface area contributed by atoms with Crippen LogP contribution in [0.25, 0.3) is 0 Å². The van der Waals surface area contributed by atoms with Gasteiger partial charge in [-0.25, -0.2) is 5.41 Å². The number of hydrogen-bond acceptors (Lipinski definition) is 1. The number of benzene rings is 3. The minimum absolute atomic E-state index is 0.0589. The van der Waals surface area contributed by atoms with Gasteiger partial charge in [-0.2, -0.15) is 4.48 Å². The molecule has 0 bridgehead atoms. The molecular formula is C19H18N3+. The van der Waals surface area contributed by atoms with Gasteiger partial charge in [-0.15, -0.1) is 0 Å². The van der Waals surface area contributed by atoms with E-state index in [0.717, 1.165) is 17.1 Å². The van der Waals surface area contributed by atoms with Crippen LogP contribution >= 0.6 is 0 Å². The van der Waals surface area contributed by atoms with Crippen LogP contribution in [-0.2, 0) is 0 Å². The first kappa shape index (κ1) is 14.0. The van der Waals surface area contributed by atoms with Gasteiger partial charge in [0.2, 0.25) is 0 Å². The molecule has 3 aromatic rings. The molecule has 0 fully saturated rings. The first-order valence-electron chi connectivity index (χ1n) is 7.17. The van der Waals surface area contributed by atoms with E-state index in [1.54, 1.807) is 0 Å². The average molecular weight is 288 g/mol. The van der Waals surface area contributed by atoms with Crippen molar-refractivity contribution in [3.63, 3.8) is 0 Å². The molecule has 3 heteroatoms. The van der Waals surface area contributed by atoms with Gasteiger partial charge in [0, 0.05) is 36.4 Å². The van der Waals surface area contributed by atoms with Gasteiger partial charge in [0.15, 0.2) is 17.1 Å². The van der Waals surface area contributed by atoms with Crippen LogP contribution in [0.1, 0.15) is 0 Å². The maximum atomic E-state index is 8.36. The molecule has 0 spiro atoms. The minimum atomic E-state index is 0.0589. The molecule has 0 heterocycles. The van der Waals surface area contributed by atoms with E-state index in [1.807, 2.05) is 91.0 Å². The normalized spacial score (nSPS) is 11.1. The molecule has 0 amide bonds. The molecule has 108 valence electrons. The van der Waals surface area contributed by atoms with E-state index in [-0.39, 0.29) is 10.4 Å². The summed E-state index contributed by atoms with van der Waals surface area (Å²) >= 11 is 0. The fourth-order valence-electron chi connectivity index (χ4n) is 2.82. The molecule has 0 aliphatic rings. The van der Waals surface area contributed by atoms with Crippen LogP contribution in [0.3, 0.4) is 0 Å². The Kier molecular flexibility index (Phi) is 3.73. The lowest BCUT2D eigenvalue weighted by atomic mass is 10.1. The fourth-order valence-corrected chi connectivity index (χ4v) is 2.82. The van der Waals surface area contributed by atoms with Gasteiger partial charge in [0.05, 0.1) is 0 Å². The lowest BCUT2D eigenvalue weighted by Gasteiger charge is -2.34. The van der Waals surface area contributed by atoms with Gasteiger partial charge in [0.1, 0.15) is 0 Å². The van der Waals surface area contributed by atoms with Crippen molar-refractivity contribution >= 4 is 23.0 Å². The second-order valence-electron chi connectivity index (χ2n) is 5.06. The summed E-state index contributed by atoms with van der Waals surface area (Å²) in [6.07, 6.45) is 0. The zero-order chi connectivity index (χ0) is 15.4. The number of nitrogens with two attached hydrogens (primary N) is 1. The number of hydrogen-bond donors (Lipinski definition) is 2. The highest BCUT2D eigenvalue weighted by molar-refractivity contribution is 6.00. The van der Waals surface area contributed by atoms with Crippen molar-refractivity contribution in [3.05, 3.63) is 91.0 Å². The van der Waals surface area contributed by atoms with Crippen molar-refractivity contribution < 1.29 is 0 Å². The lowest BCUT2D eigenvalue weighted by molar-refractivity contribution is 0.730. The molecular weight excluding hydrogens is 270 g/mol. The van der Waals surface area contributed by atoms with E-state index in [2.05, 4.69) is 0 Å².